The van der Waals surface area contributed by atoms with E-state index in [2.05, 4.69) is 0 Å². The molecule has 2 N–H and O–H groups in total. The molecule has 0 saturated carbocycles. The first-order valence-corrected chi connectivity index (χ1v) is 3.52. The number of hydrazine groups is 1. The van der Waals surface area contributed by atoms with Gasteiger partial charge in [-0.3, -0.25) is 10.6 Å². The first-order chi connectivity index (χ1) is 5.41. The quantitative estimate of drug-likeness (QED) is 0.661. The van der Waals surface area contributed by atoms with Crippen LogP contribution in [-0.4, -0.2) is 30.1 Å². The molecule has 1 saturated heterocycles. The minimum absolute atomic E-state index is 0. The number of nitrogens with two attached hydrogens (primary N) is 1. The molecule has 0 radical (unpaired) electrons. The summed E-state index contributed by atoms with van der Waals surface area (Å²) in [6.07, 6.45) is -4.51. The van der Waals surface area contributed by atoms with Gasteiger partial charge in [-0.25, -0.2) is 5.01 Å². The molecule has 0 aromatic rings. The second-order valence-corrected chi connectivity index (χ2v) is 2.84. The number of Topliss-reactive ketones (excluding diaryl/α,β-unsaturated/α-hetero) is 1. The van der Waals surface area contributed by atoms with E-state index in [9.17, 15) is 18.0 Å². The van der Waals surface area contributed by atoms with Crippen LogP contribution in [0.1, 0.15) is 6.42 Å². The van der Waals surface area contributed by atoms with E-state index in [-0.39, 0.29) is 25.4 Å². The van der Waals surface area contributed by atoms with Crippen molar-refractivity contribution >= 4 is 18.2 Å². The summed E-state index contributed by atoms with van der Waals surface area (Å²) in [5.74, 6) is 2.60. The van der Waals surface area contributed by atoms with Crippen molar-refractivity contribution in [3.63, 3.8) is 0 Å². The fraction of sp³-hybridized carbons (Fsp3) is 0.833. The van der Waals surface area contributed by atoms with E-state index >= 15 is 0 Å². The maximum absolute atomic E-state index is 11.8. The Bertz CT molecular complexity index is 197. The predicted molar refractivity (Wildman–Crippen MR) is 42.2 cm³/mol. The van der Waals surface area contributed by atoms with E-state index in [1.54, 1.807) is 0 Å². The smallest absolute Gasteiger partial charge is 0.289 e. The van der Waals surface area contributed by atoms with E-state index < -0.39 is 17.9 Å². The maximum atomic E-state index is 11.8. The highest BCUT2D eigenvalue weighted by atomic mass is 35.5. The molecule has 0 spiro atoms. The van der Waals surface area contributed by atoms with Crippen molar-refractivity contribution < 1.29 is 18.0 Å². The molecule has 0 aliphatic carbocycles. The molecule has 0 unspecified atom stereocenters. The van der Waals surface area contributed by atoms with E-state index in [1.165, 1.54) is 5.01 Å². The van der Waals surface area contributed by atoms with Crippen LogP contribution in [-0.2, 0) is 4.79 Å². The lowest BCUT2D eigenvalue weighted by Crippen LogP contribution is -2.34. The number of ketones is 1. The average molecular weight is 219 g/mol. The number of alkyl halides is 3. The van der Waals surface area contributed by atoms with Crippen LogP contribution in [0.3, 0.4) is 0 Å². The zero-order valence-electron chi connectivity index (χ0n) is 6.67. The van der Waals surface area contributed by atoms with Gasteiger partial charge >= 0.3 is 6.18 Å². The summed E-state index contributed by atoms with van der Waals surface area (Å²) in [6.45, 7) is 0.366. The molecule has 1 fully saturated rings. The van der Waals surface area contributed by atoms with Gasteiger partial charge in [0.1, 0.15) is 0 Å². The zero-order chi connectivity index (χ0) is 9.35. The molecule has 0 bridgehead atoms. The van der Waals surface area contributed by atoms with Crippen LogP contribution in [0.25, 0.3) is 0 Å². The summed E-state index contributed by atoms with van der Waals surface area (Å²) in [6, 6.07) is 0. The monoisotopic (exact) mass is 218 g/mol. The topological polar surface area (TPSA) is 46.3 Å². The van der Waals surface area contributed by atoms with Crippen LogP contribution in [0.5, 0.6) is 0 Å². The van der Waals surface area contributed by atoms with Crippen LogP contribution in [0.4, 0.5) is 13.2 Å². The lowest BCUT2D eigenvalue weighted by atomic mass is 10.0. The lowest BCUT2D eigenvalue weighted by molar-refractivity contribution is -0.175. The molecule has 3 nitrogen and oxygen atoms in total. The summed E-state index contributed by atoms with van der Waals surface area (Å²) in [7, 11) is 0. The maximum Gasteiger partial charge on any atom is 0.450 e. The molecule has 1 aliphatic rings. The number of carbonyl (C=O) groups excluding carboxylic acids is 1. The molecule has 1 rings (SSSR count). The number of rotatable bonds is 1. The normalized spacial score (nSPS) is 24.2. The van der Waals surface area contributed by atoms with Crippen molar-refractivity contribution in [3.8, 4) is 0 Å². The molecule has 78 valence electrons. The van der Waals surface area contributed by atoms with Gasteiger partial charge in [0.15, 0.2) is 0 Å². The Morgan fingerprint density at radius 2 is 2.00 bits per heavy atom. The van der Waals surface area contributed by atoms with Gasteiger partial charge in [-0.2, -0.15) is 13.2 Å². The van der Waals surface area contributed by atoms with Gasteiger partial charge in [0, 0.05) is 19.0 Å². The largest absolute Gasteiger partial charge is 0.450 e. The number of hydrogen-bond acceptors (Lipinski definition) is 3. The molecule has 7 heteroatoms. The summed E-state index contributed by atoms with van der Waals surface area (Å²) < 4.78 is 35.5. The minimum atomic E-state index is -4.71. The lowest BCUT2D eigenvalue weighted by Gasteiger charge is -2.10. The Kier molecular flexibility index (Phi) is 4.15. The van der Waals surface area contributed by atoms with Gasteiger partial charge in [-0.1, -0.05) is 0 Å². The summed E-state index contributed by atoms with van der Waals surface area (Å²) in [5, 5.41) is 1.23. The number of carbonyl (C=O) groups is 1. The highest BCUT2D eigenvalue weighted by Gasteiger charge is 2.44. The molecular weight excluding hydrogens is 209 g/mol. The van der Waals surface area contributed by atoms with E-state index in [1.807, 2.05) is 0 Å². The molecule has 0 aromatic heterocycles. The summed E-state index contributed by atoms with van der Waals surface area (Å²) in [4.78, 5) is 10.6. The first kappa shape index (κ1) is 12.7. The van der Waals surface area contributed by atoms with Gasteiger partial charge in [-0.05, 0) is 6.42 Å². The summed E-state index contributed by atoms with van der Waals surface area (Å²) >= 11 is 0. The van der Waals surface area contributed by atoms with Crippen molar-refractivity contribution in [1.82, 2.24) is 5.01 Å². The third-order valence-corrected chi connectivity index (χ3v) is 1.87. The van der Waals surface area contributed by atoms with Gasteiger partial charge in [0.2, 0.25) is 5.78 Å². The highest BCUT2D eigenvalue weighted by Crippen LogP contribution is 2.25. The number of nitrogens with zero attached hydrogens (tertiary/aromatic N) is 1. The van der Waals surface area contributed by atoms with E-state index in [0.717, 1.165) is 0 Å². The summed E-state index contributed by atoms with van der Waals surface area (Å²) in [5.41, 5.74) is 0. The van der Waals surface area contributed by atoms with Gasteiger partial charge in [0.05, 0.1) is 0 Å². The van der Waals surface area contributed by atoms with Gasteiger partial charge in [-0.15, -0.1) is 12.4 Å². The SMILES string of the molecule is Cl.NN1CC[C@H](C(=O)C(F)(F)F)C1. The highest BCUT2D eigenvalue weighted by molar-refractivity contribution is 5.86. The molecule has 1 atom stereocenters. The molecule has 13 heavy (non-hydrogen) atoms. The van der Waals surface area contributed by atoms with Crippen LogP contribution in [0, 0.1) is 5.92 Å². The predicted octanol–water partition coefficient (Wildman–Crippen LogP) is 0.735. The second kappa shape index (κ2) is 4.26. The standard InChI is InChI=1S/C6H9F3N2O.ClH/c7-6(8,9)5(12)4-1-2-11(10)3-4;/h4H,1-3,10H2;1H/t4-;/m0./s1. The average Bonchev–Trinajstić information content (AvgIpc) is 2.32. The molecule has 1 heterocycles. The Balaban J connectivity index is 0.00000144. The van der Waals surface area contributed by atoms with Crippen molar-refractivity contribution in [2.75, 3.05) is 13.1 Å². The fourth-order valence-electron chi connectivity index (χ4n) is 1.23. The number of halogens is 4. The van der Waals surface area contributed by atoms with E-state index in [0.29, 0.717) is 6.54 Å². The Morgan fingerprint density at radius 1 is 1.46 bits per heavy atom. The van der Waals surface area contributed by atoms with Gasteiger partial charge in [0.25, 0.3) is 0 Å². The Morgan fingerprint density at radius 3 is 2.31 bits per heavy atom. The number of hydrogen-bond donors (Lipinski definition) is 1. The first-order valence-electron chi connectivity index (χ1n) is 3.52. The van der Waals surface area contributed by atoms with Crippen LogP contribution in [0.2, 0.25) is 0 Å². The molecule has 0 amide bonds. The molecule has 1 aliphatic heterocycles. The van der Waals surface area contributed by atoms with Crippen LogP contribution in [0.15, 0.2) is 0 Å². The second-order valence-electron chi connectivity index (χ2n) is 2.84. The van der Waals surface area contributed by atoms with Crippen molar-refractivity contribution in [2.45, 2.75) is 12.6 Å². The van der Waals surface area contributed by atoms with Crippen LogP contribution < -0.4 is 5.84 Å². The molecule has 0 aromatic carbocycles. The Hall–Kier alpha value is -0.330. The third-order valence-electron chi connectivity index (χ3n) is 1.87. The van der Waals surface area contributed by atoms with Crippen LogP contribution >= 0.6 is 12.4 Å². The molecular formula is C6H10ClF3N2O. The van der Waals surface area contributed by atoms with Crippen molar-refractivity contribution in [1.29, 1.82) is 0 Å². The zero-order valence-corrected chi connectivity index (χ0v) is 7.49. The minimum Gasteiger partial charge on any atom is -0.289 e. The third kappa shape index (κ3) is 3.13. The van der Waals surface area contributed by atoms with Crippen molar-refractivity contribution in [2.24, 2.45) is 11.8 Å². The van der Waals surface area contributed by atoms with E-state index in [4.69, 9.17) is 5.84 Å². The van der Waals surface area contributed by atoms with Gasteiger partial charge < -0.3 is 0 Å². The Labute approximate surface area is 79.4 Å². The van der Waals surface area contributed by atoms with Crippen molar-refractivity contribution in [3.05, 3.63) is 0 Å². The fourth-order valence-corrected chi connectivity index (χ4v) is 1.23.